The molecule has 3 rings (SSSR count). The van der Waals surface area contributed by atoms with Crippen LogP contribution in [-0.4, -0.2) is 21.5 Å². The Morgan fingerprint density at radius 2 is 1.70 bits per heavy atom. The smallest absolute Gasteiger partial charge is 0.304 e. The molecule has 0 radical (unpaired) electrons. The van der Waals surface area contributed by atoms with E-state index in [1.54, 1.807) is 0 Å². The normalized spacial score (nSPS) is 23.3. The van der Waals surface area contributed by atoms with Crippen LogP contribution in [0.5, 0.6) is 0 Å². The Morgan fingerprint density at radius 3 is 2.26 bits per heavy atom. The molecule has 0 spiro atoms. The van der Waals surface area contributed by atoms with E-state index in [1.165, 1.54) is 23.4 Å². The fourth-order valence-electron chi connectivity index (χ4n) is 2.64. The van der Waals surface area contributed by atoms with E-state index in [0.717, 1.165) is 10.5 Å². The van der Waals surface area contributed by atoms with Crippen LogP contribution in [-0.2, 0) is 14.3 Å². The summed E-state index contributed by atoms with van der Waals surface area (Å²) >= 11 is 1.27. The van der Waals surface area contributed by atoms with Crippen molar-refractivity contribution in [2.75, 3.05) is 0 Å². The minimum absolute atomic E-state index is 0.236. The van der Waals surface area contributed by atoms with Crippen molar-refractivity contribution in [2.24, 2.45) is 0 Å². The van der Waals surface area contributed by atoms with Crippen molar-refractivity contribution in [3.8, 4) is 0 Å². The van der Waals surface area contributed by atoms with Gasteiger partial charge in [-0.05, 0) is 27.1 Å². The SMILES string of the molecule is CC(=O)O[C@@]1(Sc2ccccc2)C(=O)N(P)[C@H]1c1ccccc1. The maximum absolute atomic E-state index is 12.6. The van der Waals surface area contributed by atoms with Crippen molar-refractivity contribution in [1.82, 2.24) is 4.67 Å². The molecule has 0 aliphatic carbocycles. The number of esters is 1. The topological polar surface area (TPSA) is 46.6 Å². The molecule has 1 heterocycles. The van der Waals surface area contributed by atoms with Gasteiger partial charge in [0, 0.05) is 11.8 Å². The van der Waals surface area contributed by atoms with Gasteiger partial charge in [-0.25, -0.2) is 0 Å². The Morgan fingerprint density at radius 1 is 1.13 bits per heavy atom. The Bertz CT molecular complexity index is 725. The molecular weight excluding hydrogens is 329 g/mol. The van der Waals surface area contributed by atoms with E-state index in [4.69, 9.17) is 4.74 Å². The molecule has 1 unspecified atom stereocenters. The van der Waals surface area contributed by atoms with E-state index in [1.807, 2.05) is 60.7 Å². The highest BCUT2D eigenvalue weighted by atomic mass is 32.2. The number of hydrogen-bond acceptors (Lipinski definition) is 4. The fraction of sp³-hybridized carbons (Fsp3) is 0.176. The van der Waals surface area contributed by atoms with Gasteiger partial charge in [-0.3, -0.25) is 9.59 Å². The highest BCUT2D eigenvalue weighted by Crippen LogP contribution is 2.56. The van der Waals surface area contributed by atoms with Crippen LogP contribution in [0.25, 0.3) is 0 Å². The predicted octanol–water partition coefficient (Wildman–Crippen LogP) is 3.41. The lowest BCUT2D eigenvalue weighted by molar-refractivity contribution is -0.179. The van der Waals surface area contributed by atoms with Crippen LogP contribution >= 0.6 is 21.2 Å². The number of carbonyl (C=O) groups is 2. The van der Waals surface area contributed by atoms with Crippen LogP contribution in [0.1, 0.15) is 18.5 Å². The first kappa shape index (κ1) is 16.0. The monoisotopic (exact) mass is 345 g/mol. The van der Waals surface area contributed by atoms with Crippen LogP contribution < -0.4 is 0 Å². The molecule has 2 aromatic carbocycles. The van der Waals surface area contributed by atoms with Crippen LogP contribution in [0, 0.1) is 0 Å². The number of hydrogen-bond donors (Lipinski definition) is 0. The van der Waals surface area contributed by atoms with Crippen molar-refractivity contribution < 1.29 is 14.3 Å². The summed E-state index contributed by atoms with van der Waals surface area (Å²) in [7, 11) is 2.42. The largest absolute Gasteiger partial charge is 0.435 e. The summed E-state index contributed by atoms with van der Waals surface area (Å²) in [5, 5.41) is 0. The van der Waals surface area contributed by atoms with Crippen molar-refractivity contribution in [1.29, 1.82) is 0 Å². The number of thioether (sulfide) groups is 1. The average Bonchev–Trinajstić information content (AvgIpc) is 2.56. The van der Waals surface area contributed by atoms with Crippen molar-refractivity contribution in [3.63, 3.8) is 0 Å². The molecule has 3 atom stereocenters. The summed E-state index contributed by atoms with van der Waals surface area (Å²) in [6, 6.07) is 18.7. The minimum atomic E-state index is -1.27. The zero-order valence-corrected chi connectivity index (χ0v) is 14.5. The minimum Gasteiger partial charge on any atom is -0.435 e. The van der Waals surface area contributed by atoms with Gasteiger partial charge >= 0.3 is 5.97 Å². The van der Waals surface area contributed by atoms with Crippen LogP contribution in [0.3, 0.4) is 0 Å². The molecule has 0 saturated carbocycles. The average molecular weight is 345 g/mol. The van der Waals surface area contributed by atoms with Gasteiger partial charge < -0.3 is 9.41 Å². The molecule has 23 heavy (non-hydrogen) atoms. The molecule has 0 N–H and O–H groups in total. The number of nitrogens with zero attached hydrogens (tertiary/aromatic N) is 1. The third-order valence-electron chi connectivity index (χ3n) is 3.59. The second kappa shape index (κ2) is 6.34. The van der Waals surface area contributed by atoms with E-state index in [-0.39, 0.29) is 11.9 Å². The van der Waals surface area contributed by atoms with Crippen LogP contribution in [0.4, 0.5) is 0 Å². The maximum Gasteiger partial charge on any atom is 0.304 e. The summed E-state index contributed by atoms with van der Waals surface area (Å²) in [5.41, 5.74) is 0.923. The summed E-state index contributed by atoms with van der Waals surface area (Å²) in [5.74, 6) is -0.707. The van der Waals surface area contributed by atoms with Gasteiger partial charge in [0.1, 0.15) is 6.04 Å². The zero-order valence-electron chi connectivity index (χ0n) is 12.5. The van der Waals surface area contributed by atoms with Crippen LogP contribution in [0.2, 0.25) is 0 Å². The summed E-state index contributed by atoms with van der Waals surface area (Å²) in [6.45, 7) is 1.33. The molecule has 1 fully saturated rings. The predicted molar refractivity (Wildman–Crippen MR) is 92.5 cm³/mol. The number of β-lactam (4-membered cyclic amide) rings is 1. The summed E-state index contributed by atoms with van der Waals surface area (Å²) in [4.78, 5) is 23.9. The lowest BCUT2D eigenvalue weighted by Crippen LogP contribution is -2.64. The molecule has 2 aromatic rings. The van der Waals surface area contributed by atoms with Crippen LogP contribution in [0.15, 0.2) is 65.6 Å². The first-order chi connectivity index (χ1) is 11.0. The third kappa shape index (κ3) is 2.87. The molecule has 6 heteroatoms. The number of amides is 1. The number of rotatable bonds is 4. The van der Waals surface area contributed by atoms with E-state index in [0.29, 0.717) is 0 Å². The number of benzene rings is 2. The number of ether oxygens (including phenoxy) is 1. The van der Waals surface area contributed by atoms with Gasteiger partial charge in [-0.1, -0.05) is 60.3 Å². The molecule has 118 valence electrons. The highest BCUT2D eigenvalue weighted by Gasteiger charge is 2.64. The standard InChI is InChI=1S/C17H16NO3PS/c1-12(19)21-17(23-14-10-6-3-7-11-14)15(18(22)16(17)20)13-8-4-2-5-9-13/h2-11,15H,22H2,1H3/t15-,17-/m0/s1. The third-order valence-corrected chi connectivity index (χ3v) is 5.42. The van der Waals surface area contributed by atoms with Crippen molar-refractivity contribution >= 4 is 33.0 Å². The Hall–Kier alpha value is -1.84. The second-order valence-corrected chi connectivity index (χ2v) is 7.04. The zero-order chi connectivity index (χ0) is 16.4. The maximum atomic E-state index is 12.6. The van der Waals surface area contributed by atoms with E-state index < -0.39 is 10.9 Å². The van der Waals surface area contributed by atoms with E-state index in [9.17, 15) is 9.59 Å². The van der Waals surface area contributed by atoms with Gasteiger partial charge in [-0.15, -0.1) is 0 Å². The quantitative estimate of drug-likeness (QED) is 0.369. The van der Waals surface area contributed by atoms with Gasteiger partial charge in [0.25, 0.3) is 10.8 Å². The van der Waals surface area contributed by atoms with Gasteiger partial charge in [0.2, 0.25) is 0 Å². The van der Waals surface area contributed by atoms with E-state index in [2.05, 4.69) is 9.39 Å². The van der Waals surface area contributed by atoms with Crippen molar-refractivity contribution in [2.45, 2.75) is 22.8 Å². The number of carbonyl (C=O) groups excluding carboxylic acids is 2. The lowest BCUT2D eigenvalue weighted by atomic mass is 9.93. The lowest BCUT2D eigenvalue weighted by Gasteiger charge is -2.52. The molecule has 1 aliphatic rings. The molecule has 1 saturated heterocycles. The highest BCUT2D eigenvalue weighted by molar-refractivity contribution is 8.01. The molecule has 4 nitrogen and oxygen atoms in total. The van der Waals surface area contributed by atoms with Gasteiger partial charge in [0.15, 0.2) is 0 Å². The summed E-state index contributed by atoms with van der Waals surface area (Å²) < 4.78 is 7.08. The molecule has 1 amide bonds. The molecule has 1 aliphatic heterocycles. The Balaban J connectivity index is 2.02. The molecule has 0 aromatic heterocycles. The van der Waals surface area contributed by atoms with E-state index >= 15 is 0 Å². The summed E-state index contributed by atoms with van der Waals surface area (Å²) in [6.07, 6.45) is 0. The van der Waals surface area contributed by atoms with Gasteiger partial charge in [0.05, 0.1) is 0 Å². The first-order valence-corrected chi connectivity index (χ1v) is 8.45. The molecule has 0 bridgehead atoms. The van der Waals surface area contributed by atoms with Gasteiger partial charge in [-0.2, -0.15) is 0 Å². The Labute approximate surface area is 141 Å². The van der Waals surface area contributed by atoms with Crippen molar-refractivity contribution in [3.05, 3.63) is 66.2 Å². The second-order valence-electron chi connectivity index (χ2n) is 5.20. The fourth-order valence-corrected chi connectivity index (χ4v) is 4.78. The Kier molecular flexibility index (Phi) is 4.42. The molecular formula is C17H16NO3PS. The first-order valence-electron chi connectivity index (χ1n) is 7.11.